The first kappa shape index (κ1) is 15.2. The summed E-state index contributed by atoms with van der Waals surface area (Å²) in [4.78, 5) is 0. The zero-order chi connectivity index (χ0) is 15.7. The highest BCUT2D eigenvalue weighted by atomic mass is 32.2. The van der Waals surface area contributed by atoms with E-state index in [0.717, 1.165) is 29.8 Å². The topological polar surface area (TPSA) is 89.4 Å². The summed E-state index contributed by atoms with van der Waals surface area (Å²) in [5.41, 5.74) is 2.42. The van der Waals surface area contributed by atoms with E-state index in [1.54, 1.807) is 13.1 Å². The summed E-state index contributed by atoms with van der Waals surface area (Å²) in [6.07, 6.45) is 4.40. The second-order valence-corrected chi connectivity index (χ2v) is 7.72. The van der Waals surface area contributed by atoms with Gasteiger partial charge in [-0.1, -0.05) is 17.2 Å². The largest absolute Gasteiger partial charge is 0.364 e. The molecule has 8 heteroatoms. The van der Waals surface area contributed by atoms with E-state index in [-0.39, 0.29) is 12.3 Å². The molecule has 7 nitrogen and oxygen atoms in total. The molecule has 1 saturated carbocycles. The van der Waals surface area contributed by atoms with E-state index < -0.39 is 10.0 Å². The average molecular weight is 325 g/mol. The molecule has 120 valence electrons. The Morgan fingerprint density at radius 1 is 1.36 bits per heavy atom. The lowest BCUT2D eigenvalue weighted by Crippen LogP contribution is -2.27. The van der Waals surface area contributed by atoms with Crippen LogP contribution in [0.2, 0.25) is 0 Å². The third-order valence-electron chi connectivity index (χ3n) is 3.83. The Balaban J connectivity index is 1.68. The lowest BCUT2D eigenvalue weighted by atomic mass is 10.2. The maximum absolute atomic E-state index is 12.4. The first-order chi connectivity index (χ1) is 10.5. The molecule has 1 aliphatic rings. The summed E-state index contributed by atoms with van der Waals surface area (Å²) in [5.74, 6) is 0.646. The van der Waals surface area contributed by atoms with Crippen LogP contribution in [0, 0.1) is 0 Å². The van der Waals surface area contributed by atoms with Gasteiger partial charge < -0.3 is 9.05 Å². The van der Waals surface area contributed by atoms with Crippen molar-refractivity contribution in [2.24, 2.45) is 0 Å². The molecule has 2 heterocycles. The molecule has 0 unspecified atom stereocenters. The molecule has 2 aromatic heterocycles. The Bertz CT molecular complexity index is 746. The number of rotatable bonds is 7. The lowest BCUT2D eigenvalue weighted by Gasteiger charge is -2.15. The Morgan fingerprint density at radius 3 is 2.82 bits per heavy atom. The van der Waals surface area contributed by atoms with Crippen molar-refractivity contribution in [3.63, 3.8) is 0 Å². The summed E-state index contributed by atoms with van der Waals surface area (Å²) in [6, 6.07) is 1.75. The molecule has 0 atom stereocenters. The SMILES string of the molecule is CCc1nocc1CN(C)S(=O)(=O)Cc1cc(C2CC2)no1. The summed E-state index contributed by atoms with van der Waals surface area (Å²) in [5, 5.41) is 7.80. The fourth-order valence-electron chi connectivity index (χ4n) is 2.30. The molecular weight excluding hydrogens is 306 g/mol. The van der Waals surface area contributed by atoms with Gasteiger partial charge in [0.1, 0.15) is 12.0 Å². The van der Waals surface area contributed by atoms with E-state index in [1.807, 2.05) is 6.92 Å². The van der Waals surface area contributed by atoms with Gasteiger partial charge in [-0.15, -0.1) is 0 Å². The molecule has 0 bridgehead atoms. The van der Waals surface area contributed by atoms with Gasteiger partial charge in [-0.25, -0.2) is 12.7 Å². The number of aromatic nitrogens is 2. The zero-order valence-corrected chi connectivity index (χ0v) is 13.5. The Morgan fingerprint density at radius 2 is 2.14 bits per heavy atom. The monoisotopic (exact) mass is 325 g/mol. The molecule has 0 spiro atoms. The minimum absolute atomic E-state index is 0.185. The van der Waals surface area contributed by atoms with Gasteiger partial charge in [-0.2, -0.15) is 0 Å². The molecule has 0 amide bonds. The normalized spacial score (nSPS) is 15.6. The van der Waals surface area contributed by atoms with E-state index in [9.17, 15) is 8.42 Å². The molecule has 1 fully saturated rings. The molecule has 22 heavy (non-hydrogen) atoms. The van der Waals surface area contributed by atoms with E-state index >= 15 is 0 Å². The summed E-state index contributed by atoms with van der Waals surface area (Å²) in [7, 11) is -1.93. The minimum atomic E-state index is -3.48. The molecule has 3 rings (SSSR count). The number of sulfonamides is 1. The van der Waals surface area contributed by atoms with Gasteiger partial charge in [0.05, 0.1) is 11.4 Å². The van der Waals surface area contributed by atoms with Crippen molar-refractivity contribution >= 4 is 10.0 Å². The fraction of sp³-hybridized carbons (Fsp3) is 0.571. The third kappa shape index (κ3) is 3.22. The highest BCUT2D eigenvalue weighted by molar-refractivity contribution is 7.88. The lowest BCUT2D eigenvalue weighted by molar-refractivity contribution is 0.381. The van der Waals surface area contributed by atoms with Crippen LogP contribution >= 0.6 is 0 Å². The van der Waals surface area contributed by atoms with Crippen LogP contribution < -0.4 is 0 Å². The zero-order valence-electron chi connectivity index (χ0n) is 12.7. The maximum atomic E-state index is 12.4. The van der Waals surface area contributed by atoms with Gasteiger partial charge >= 0.3 is 0 Å². The summed E-state index contributed by atoms with van der Waals surface area (Å²) < 4.78 is 36.2. The van der Waals surface area contributed by atoms with Crippen LogP contribution in [0.4, 0.5) is 0 Å². The number of aryl methyl sites for hydroxylation is 1. The number of hydrogen-bond acceptors (Lipinski definition) is 6. The number of hydrogen-bond donors (Lipinski definition) is 0. The van der Waals surface area contributed by atoms with Crippen LogP contribution in [-0.2, 0) is 28.7 Å². The molecular formula is C14H19N3O4S. The van der Waals surface area contributed by atoms with E-state index in [1.165, 1.54) is 10.6 Å². The highest BCUT2D eigenvalue weighted by Crippen LogP contribution is 2.39. The summed E-state index contributed by atoms with van der Waals surface area (Å²) in [6.45, 7) is 2.18. The maximum Gasteiger partial charge on any atom is 0.221 e. The predicted molar refractivity (Wildman–Crippen MR) is 78.4 cm³/mol. The van der Waals surface area contributed by atoms with Gasteiger partial charge in [0.2, 0.25) is 10.0 Å². The first-order valence-corrected chi connectivity index (χ1v) is 8.92. The van der Waals surface area contributed by atoms with E-state index in [4.69, 9.17) is 9.05 Å². The minimum Gasteiger partial charge on any atom is -0.364 e. The van der Waals surface area contributed by atoms with Gasteiger partial charge in [0.15, 0.2) is 5.76 Å². The molecule has 2 aromatic rings. The van der Waals surface area contributed by atoms with Crippen molar-refractivity contribution in [2.75, 3.05) is 7.05 Å². The first-order valence-electron chi connectivity index (χ1n) is 7.31. The molecule has 1 aliphatic carbocycles. The van der Waals surface area contributed by atoms with Crippen LogP contribution in [0.5, 0.6) is 0 Å². The van der Waals surface area contributed by atoms with Gasteiger partial charge in [0, 0.05) is 31.1 Å². The standard InChI is InChI=1S/C14H19N3O4S/c1-3-13-11(8-20-15-13)7-17(2)22(18,19)9-12-6-14(16-21-12)10-4-5-10/h6,8,10H,3-5,7,9H2,1-2H3. The molecule has 0 N–H and O–H groups in total. The van der Waals surface area contributed by atoms with Crippen LogP contribution in [0.3, 0.4) is 0 Å². The Kier molecular flexibility index (Phi) is 4.05. The van der Waals surface area contributed by atoms with Crippen molar-refractivity contribution in [3.05, 3.63) is 35.0 Å². The van der Waals surface area contributed by atoms with Crippen molar-refractivity contribution in [1.29, 1.82) is 0 Å². The quantitative estimate of drug-likeness (QED) is 0.774. The smallest absolute Gasteiger partial charge is 0.221 e. The fourth-order valence-corrected chi connectivity index (χ4v) is 3.35. The van der Waals surface area contributed by atoms with Crippen molar-refractivity contribution in [3.8, 4) is 0 Å². The highest BCUT2D eigenvalue weighted by Gasteiger charge is 2.29. The number of nitrogens with zero attached hydrogens (tertiary/aromatic N) is 3. The van der Waals surface area contributed by atoms with Gasteiger partial charge in [-0.3, -0.25) is 0 Å². The Hall–Kier alpha value is -1.67. The third-order valence-corrected chi connectivity index (χ3v) is 5.56. The molecule has 0 aliphatic heterocycles. The summed E-state index contributed by atoms with van der Waals surface area (Å²) >= 11 is 0. The van der Waals surface area contributed by atoms with Crippen LogP contribution in [0.15, 0.2) is 21.4 Å². The molecule has 0 saturated heterocycles. The van der Waals surface area contributed by atoms with Gasteiger partial charge in [0.25, 0.3) is 0 Å². The second kappa shape index (κ2) is 5.85. The van der Waals surface area contributed by atoms with E-state index in [0.29, 0.717) is 18.1 Å². The van der Waals surface area contributed by atoms with E-state index in [2.05, 4.69) is 10.3 Å². The average Bonchev–Trinajstić information content (AvgIpc) is 3.06. The van der Waals surface area contributed by atoms with Crippen LogP contribution in [0.1, 0.15) is 48.4 Å². The predicted octanol–water partition coefficient (Wildman–Crippen LogP) is 2.06. The van der Waals surface area contributed by atoms with Crippen molar-refractivity contribution < 1.29 is 17.5 Å². The van der Waals surface area contributed by atoms with Crippen LogP contribution in [0.25, 0.3) is 0 Å². The molecule has 0 radical (unpaired) electrons. The van der Waals surface area contributed by atoms with Crippen molar-refractivity contribution in [1.82, 2.24) is 14.6 Å². The van der Waals surface area contributed by atoms with Crippen LogP contribution in [-0.4, -0.2) is 30.1 Å². The second-order valence-electron chi connectivity index (χ2n) is 5.64. The van der Waals surface area contributed by atoms with Crippen molar-refractivity contribution in [2.45, 2.75) is 44.4 Å². The molecule has 0 aromatic carbocycles. The van der Waals surface area contributed by atoms with Gasteiger partial charge in [-0.05, 0) is 19.3 Å². The Labute approximate surface area is 129 Å².